The summed E-state index contributed by atoms with van der Waals surface area (Å²) in [6.45, 7) is 0. The van der Waals surface area contributed by atoms with Crippen LogP contribution in [0.3, 0.4) is 0 Å². The molecule has 0 bridgehead atoms. The Morgan fingerprint density at radius 3 is 3.18 bits per heavy atom. The van der Waals surface area contributed by atoms with E-state index < -0.39 is 5.97 Å². The molecule has 2 heterocycles. The van der Waals surface area contributed by atoms with Crippen molar-refractivity contribution in [2.24, 2.45) is 0 Å². The van der Waals surface area contributed by atoms with E-state index in [2.05, 4.69) is 0 Å². The van der Waals surface area contributed by atoms with Crippen LogP contribution >= 0.6 is 11.8 Å². The van der Waals surface area contributed by atoms with Crippen LogP contribution in [0.5, 0.6) is 0 Å². The monoisotopic (exact) mass is 170 g/mol. The molecule has 0 fully saturated rings. The smallest absolute Gasteiger partial charge is 0.339 e. The highest BCUT2D eigenvalue weighted by Gasteiger charge is 2.22. The van der Waals surface area contributed by atoms with E-state index in [1.54, 1.807) is 11.8 Å². The van der Waals surface area contributed by atoms with Gasteiger partial charge in [-0.1, -0.05) is 0 Å². The van der Waals surface area contributed by atoms with Gasteiger partial charge in [-0.2, -0.15) is 0 Å². The molecule has 1 aromatic heterocycles. The Kier molecular flexibility index (Phi) is 1.42. The highest BCUT2D eigenvalue weighted by molar-refractivity contribution is 7.98. The maximum absolute atomic E-state index is 10.6. The lowest BCUT2D eigenvalue weighted by atomic mass is 10.2. The fourth-order valence-electron chi connectivity index (χ4n) is 1.13. The molecule has 11 heavy (non-hydrogen) atoms. The number of furan rings is 1. The van der Waals surface area contributed by atoms with Crippen molar-refractivity contribution in [3.8, 4) is 0 Å². The summed E-state index contributed by atoms with van der Waals surface area (Å²) < 4.78 is 5.07. The number of carboxylic acid groups (broad SMARTS) is 1. The molecule has 0 spiro atoms. The minimum Gasteiger partial charge on any atom is -0.478 e. The van der Waals surface area contributed by atoms with Crippen LogP contribution in [0.4, 0.5) is 0 Å². The van der Waals surface area contributed by atoms with Crippen molar-refractivity contribution in [3.63, 3.8) is 0 Å². The van der Waals surface area contributed by atoms with Crippen LogP contribution in [0, 0.1) is 0 Å². The molecule has 0 saturated heterocycles. The first-order chi connectivity index (χ1) is 5.29. The Morgan fingerprint density at radius 2 is 2.45 bits per heavy atom. The summed E-state index contributed by atoms with van der Waals surface area (Å²) >= 11 is 1.68. The van der Waals surface area contributed by atoms with Crippen molar-refractivity contribution in [1.82, 2.24) is 0 Å². The maximum atomic E-state index is 10.6. The molecular weight excluding hydrogens is 164 g/mol. The summed E-state index contributed by atoms with van der Waals surface area (Å²) in [5.41, 5.74) is 1.19. The van der Waals surface area contributed by atoms with E-state index in [-0.39, 0.29) is 0 Å². The van der Waals surface area contributed by atoms with Gasteiger partial charge in [0, 0.05) is 11.3 Å². The van der Waals surface area contributed by atoms with Gasteiger partial charge < -0.3 is 9.52 Å². The topological polar surface area (TPSA) is 50.4 Å². The second-order valence-electron chi connectivity index (χ2n) is 2.35. The summed E-state index contributed by atoms with van der Waals surface area (Å²) in [5.74, 6) is 1.51. The number of hydrogen-bond acceptors (Lipinski definition) is 3. The molecular formula is C7H6O3S. The standard InChI is InChI=1S/C7H6O3S/c8-7(9)4-1-10-6-3-11-2-5(4)6/h1H,2-3H2,(H,8,9). The van der Waals surface area contributed by atoms with Gasteiger partial charge in [-0.05, 0) is 0 Å². The van der Waals surface area contributed by atoms with Gasteiger partial charge in [0.25, 0.3) is 0 Å². The van der Waals surface area contributed by atoms with Crippen molar-refractivity contribution < 1.29 is 14.3 Å². The minimum atomic E-state index is -0.891. The largest absolute Gasteiger partial charge is 0.478 e. The van der Waals surface area contributed by atoms with E-state index in [4.69, 9.17) is 9.52 Å². The SMILES string of the molecule is O=C(O)c1coc2c1CSC2. The van der Waals surface area contributed by atoms with Gasteiger partial charge in [0.2, 0.25) is 0 Å². The van der Waals surface area contributed by atoms with Gasteiger partial charge in [0.05, 0.1) is 5.75 Å². The van der Waals surface area contributed by atoms with E-state index in [1.165, 1.54) is 6.26 Å². The third kappa shape index (κ3) is 0.939. The molecule has 3 nitrogen and oxygen atoms in total. The van der Waals surface area contributed by atoms with Gasteiger partial charge in [0.15, 0.2) is 0 Å². The first kappa shape index (κ1) is 6.79. The van der Waals surface area contributed by atoms with Crippen molar-refractivity contribution in [3.05, 3.63) is 23.2 Å². The van der Waals surface area contributed by atoms with Gasteiger partial charge in [-0.25, -0.2) is 4.79 Å². The maximum Gasteiger partial charge on any atom is 0.339 e. The van der Waals surface area contributed by atoms with Gasteiger partial charge in [0.1, 0.15) is 17.6 Å². The number of fused-ring (bicyclic) bond motifs is 1. The fourth-order valence-corrected chi connectivity index (χ4v) is 2.18. The quantitative estimate of drug-likeness (QED) is 0.697. The number of carboxylic acids is 1. The molecule has 1 aromatic rings. The molecule has 4 heteroatoms. The zero-order valence-corrected chi connectivity index (χ0v) is 6.48. The Hall–Kier alpha value is -0.900. The van der Waals surface area contributed by atoms with E-state index >= 15 is 0 Å². The lowest BCUT2D eigenvalue weighted by Crippen LogP contribution is -1.96. The molecule has 2 rings (SSSR count). The van der Waals surface area contributed by atoms with Crippen molar-refractivity contribution in [2.45, 2.75) is 11.5 Å². The van der Waals surface area contributed by atoms with E-state index in [0.717, 1.165) is 22.8 Å². The Balaban J connectivity index is 2.50. The summed E-state index contributed by atoms with van der Waals surface area (Å²) in [5, 5.41) is 8.67. The number of hydrogen-bond donors (Lipinski definition) is 1. The zero-order valence-electron chi connectivity index (χ0n) is 5.66. The molecule has 0 aromatic carbocycles. The summed E-state index contributed by atoms with van der Waals surface area (Å²) in [6, 6.07) is 0. The number of carbonyl (C=O) groups is 1. The predicted molar refractivity (Wildman–Crippen MR) is 40.7 cm³/mol. The van der Waals surface area contributed by atoms with Crippen LogP contribution in [0.25, 0.3) is 0 Å². The van der Waals surface area contributed by atoms with Crippen LogP contribution in [-0.4, -0.2) is 11.1 Å². The Bertz CT molecular complexity index is 303. The number of aromatic carboxylic acids is 1. The highest BCUT2D eigenvalue weighted by atomic mass is 32.2. The van der Waals surface area contributed by atoms with Crippen molar-refractivity contribution in [1.29, 1.82) is 0 Å². The highest BCUT2D eigenvalue weighted by Crippen LogP contribution is 2.33. The second-order valence-corrected chi connectivity index (χ2v) is 3.33. The third-order valence-electron chi connectivity index (χ3n) is 1.69. The average Bonchev–Trinajstić information content (AvgIpc) is 2.41. The first-order valence-electron chi connectivity index (χ1n) is 3.19. The van der Waals surface area contributed by atoms with Crippen LogP contribution in [0.1, 0.15) is 21.7 Å². The minimum absolute atomic E-state index is 0.324. The molecule has 1 aliphatic heterocycles. The Labute approximate surface area is 67.4 Å². The average molecular weight is 170 g/mol. The lowest BCUT2D eigenvalue weighted by molar-refractivity contribution is 0.0695. The van der Waals surface area contributed by atoms with Crippen LogP contribution < -0.4 is 0 Å². The molecule has 1 N–H and O–H groups in total. The molecule has 0 radical (unpaired) electrons. The number of thioether (sulfide) groups is 1. The van der Waals surface area contributed by atoms with Gasteiger partial charge in [-0.15, -0.1) is 11.8 Å². The second kappa shape index (κ2) is 2.30. The molecule has 0 saturated carbocycles. The van der Waals surface area contributed by atoms with E-state index in [9.17, 15) is 4.79 Å². The molecule has 1 aliphatic rings. The predicted octanol–water partition coefficient (Wildman–Crippen LogP) is 1.72. The zero-order chi connectivity index (χ0) is 7.84. The van der Waals surface area contributed by atoms with Gasteiger partial charge in [-0.3, -0.25) is 0 Å². The fraction of sp³-hybridized carbons (Fsp3) is 0.286. The summed E-state index contributed by atoms with van der Waals surface area (Å²) in [4.78, 5) is 10.6. The summed E-state index contributed by atoms with van der Waals surface area (Å²) in [7, 11) is 0. The molecule has 0 atom stereocenters. The van der Waals surface area contributed by atoms with Gasteiger partial charge >= 0.3 is 5.97 Å². The third-order valence-corrected chi connectivity index (χ3v) is 2.65. The summed E-state index contributed by atoms with van der Waals surface area (Å²) in [6.07, 6.45) is 1.33. The normalized spacial score (nSPS) is 14.9. The number of rotatable bonds is 1. The molecule has 0 aliphatic carbocycles. The van der Waals surface area contributed by atoms with Crippen LogP contribution in [-0.2, 0) is 11.5 Å². The van der Waals surface area contributed by atoms with Crippen LogP contribution in [0.15, 0.2) is 10.7 Å². The van der Waals surface area contributed by atoms with E-state index in [1.807, 2.05) is 0 Å². The Morgan fingerprint density at radius 1 is 1.64 bits per heavy atom. The molecule has 58 valence electrons. The van der Waals surface area contributed by atoms with E-state index in [0.29, 0.717) is 5.56 Å². The molecule has 0 amide bonds. The molecule has 0 unspecified atom stereocenters. The van der Waals surface area contributed by atoms with Crippen LogP contribution in [0.2, 0.25) is 0 Å². The first-order valence-corrected chi connectivity index (χ1v) is 4.35. The lowest BCUT2D eigenvalue weighted by Gasteiger charge is -1.88. The van der Waals surface area contributed by atoms with Crippen molar-refractivity contribution >= 4 is 17.7 Å². The van der Waals surface area contributed by atoms with Crippen molar-refractivity contribution in [2.75, 3.05) is 0 Å².